The molecule has 2 aliphatic rings. The minimum Gasteiger partial charge on any atom is -0.468 e. The van der Waals surface area contributed by atoms with E-state index in [1.165, 1.54) is 12.8 Å². The third kappa shape index (κ3) is 3.31. The van der Waals surface area contributed by atoms with Crippen LogP contribution in [0, 0.1) is 0 Å². The van der Waals surface area contributed by atoms with E-state index in [4.69, 9.17) is 4.42 Å². The van der Waals surface area contributed by atoms with Crippen molar-refractivity contribution in [1.82, 2.24) is 10.2 Å². The van der Waals surface area contributed by atoms with Gasteiger partial charge in [-0.05, 0) is 49.9 Å². The fraction of sp³-hybridized carbons (Fsp3) is 0.421. The van der Waals surface area contributed by atoms with Crippen molar-refractivity contribution in [2.45, 2.75) is 50.4 Å². The number of amides is 2. The first-order valence-corrected chi connectivity index (χ1v) is 8.68. The maximum absolute atomic E-state index is 12.2. The third-order valence-corrected chi connectivity index (χ3v) is 5.17. The highest BCUT2D eigenvalue weighted by molar-refractivity contribution is 5.89. The van der Waals surface area contributed by atoms with Crippen LogP contribution in [0.4, 0.5) is 10.5 Å². The third-order valence-electron chi connectivity index (χ3n) is 5.17. The lowest BCUT2D eigenvalue weighted by Gasteiger charge is -2.38. The average Bonchev–Trinajstić information content (AvgIpc) is 3.16. The van der Waals surface area contributed by atoms with Gasteiger partial charge in [0.15, 0.2) is 0 Å². The maximum atomic E-state index is 12.2. The number of anilines is 1. The first kappa shape index (κ1) is 15.3. The van der Waals surface area contributed by atoms with E-state index in [1.807, 2.05) is 42.5 Å². The Morgan fingerprint density at radius 2 is 1.83 bits per heavy atom. The summed E-state index contributed by atoms with van der Waals surface area (Å²) in [6, 6.07) is 14.8. The molecule has 2 aliphatic heterocycles. The molecule has 1 aromatic heterocycles. The number of nitrogens with one attached hydrogen (secondary N) is 2. The quantitative estimate of drug-likeness (QED) is 0.903. The molecule has 1 aromatic carbocycles. The van der Waals surface area contributed by atoms with Gasteiger partial charge in [-0.2, -0.15) is 0 Å². The summed E-state index contributed by atoms with van der Waals surface area (Å²) in [6.45, 7) is 0.880. The molecule has 4 rings (SSSR count). The molecule has 1 unspecified atom stereocenters. The van der Waals surface area contributed by atoms with Crippen molar-refractivity contribution in [1.29, 1.82) is 0 Å². The number of hydrogen-bond acceptors (Lipinski definition) is 3. The average molecular weight is 325 g/mol. The number of nitrogens with zero attached hydrogens (tertiary/aromatic N) is 1. The molecular formula is C19H23N3O2. The van der Waals surface area contributed by atoms with Crippen LogP contribution in [-0.4, -0.2) is 29.1 Å². The number of urea groups is 1. The lowest BCUT2D eigenvalue weighted by molar-refractivity contribution is 0.104. The highest BCUT2D eigenvalue weighted by Crippen LogP contribution is 2.36. The molecule has 5 heteroatoms. The summed E-state index contributed by atoms with van der Waals surface area (Å²) in [5.41, 5.74) is 0.827. The summed E-state index contributed by atoms with van der Waals surface area (Å²) in [5, 5.41) is 6.06. The van der Waals surface area contributed by atoms with Gasteiger partial charge >= 0.3 is 6.03 Å². The standard InChI is InChI=1S/C19H23N3O2/c23-19(20-14-5-2-1-3-6-14)21-15-11-16-8-9-17(12-15)22(16)13-18-7-4-10-24-18/h1-7,10,15-17H,8-9,11-13H2,(H2,20,21,23)/t15?,16-,17+. The van der Waals surface area contributed by atoms with E-state index in [0.29, 0.717) is 12.1 Å². The Bertz CT molecular complexity index is 657. The normalized spacial score (nSPS) is 26.2. The van der Waals surface area contributed by atoms with Crippen LogP contribution in [0.25, 0.3) is 0 Å². The zero-order chi connectivity index (χ0) is 16.4. The fourth-order valence-corrected chi connectivity index (χ4v) is 4.11. The van der Waals surface area contributed by atoms with Gasteiger partial charge in [-0.1, -0.05) is 18.2 Å². The van der Waals surface area contributed by atoms with Crippen LogP contribution >= 0.6 is 0 Å². The first-order valence-electron chi connectivity index (χ1n) is 8.68. The summed E-state index contributed by atoms with van der Waals surface area (Å²) < 4.78 is 5.50. The molecule has 2 saturated heterocycles. The summed E-state index contributed by atoms with van der Waals surface area (Å²) in [6.07, 6.45) is 6.19. The lowest BCUT2D eigenvalue weighted by atomic mass is 9.97. The Hall–Kier alpha value is -2.27. The predicted molar refractivity (Wildman–Crippen MR) is 92.7 cm³/mol. The van der Waals surface area contributed by atoms with Crippen LogP contribution in [0.15, 0.2) is 53.1 Å². The molecule has 3 heterocycles. The van der Waals surface area contributed by atoms with E-state index in [1.54, 1.807) is 6.26 Å². The number of carbonyl (C=O) groups excluding carboxylic acids is 1. The number of furan rings is 1. The number of hydrogen-bond donors (Lipinski definition) is 2. The molecule has 0 spiro atoms. The number of piperidine rings is 1. The predicted octanol–water partition coefficient (Wildman–Crippen LogP) is 3.60. The topological polar surface area (TPSA) is 57.5 Å². The molecule has 3 atom stereocenters. The van der Waals surface area contributed by atoms with Crippen molar-refractivity contribution in [3.63, 3.8) is 0 Å². The SMILES string of the molecule is O=C(Nc1ccccc1)NC1C[C@H]2CC[C@@H](C1)N2Cc1ccco1. The van der Waals surface area contributed by atoms with Gasteiger partial charge in [0.05, 0.1) is 12.8 Å². The van der Waals surface area contributed by atoms with Crippen molar-refractivity contribution >= 4 is 11.7 Å². The molecule has 2 amide bonds. The van der Waals surface area contributed by atoms with E-state index in [9.17, 15) is 4.79 Å². The summed E-state index contributed by atoms with van der Waals surface area (Å²) in [4.78, 5) is 14.7. The van der Waals surface area contributed by atoms with Crippen LogP contribution in [-0.2, 0) is 6.54 Å². The van der Waals surface area contributed by atoms with E-state index in [2.05, 4.69) is 15.5 Å². The first-order chi connectivity index (χ1) is 11.8. The van der Waals surface area contributed by atoms with Gasteiger partial charge in [0.1, 0.15) is 5.76 Å². The van der Waals surface area contributed by atoms with Gasteiger partial charge in [0, 0.05) is 23.8 Å². The minimum absolute atomic E-state index is 0.106. The van der Waals surface area contributed by atoms with Gasteiger partial charge in [-0.25, -0.2) is 4.79 Å². The van der Waals surface area contributed by atoms with Crippen molar-refractivity contribution < 1.29 is 9.21 Å². The van der Waals surface area contributed by atoms with E-state index in [-0.39, 0.29) is 12.1 Å². The minimum atomic E-state index is -0.106. The van der Waals surface area contributed by atoms with Gasteiger partial charge in [-0.3, -0.25) is 4.90 Å². The molecule has 2 fully saturated rings. The van der Waals surface area contributed by atoms with Crippen LogP contribution in [0.1, 0.15) is 31.4 Å². The van der Waals surface area contributed by atoms with Crippen molar-refractivity contribution in [2.75, 3.05) is 5.32 Å². The Labute approximate surface area is 142 Å². The van der Waals surface area contributed by atoms with Crippen molar-refractivity contribution in [3.05, 3.63) is 54.5 Å². The molecular weight excluding hydrogens is 302 g/mol. The van der Waals surface area contributed by atoms with E-state index in [0.717, 1.165) is 30.8 Å². The smallest absolute Gasteiger partial charge is 0.319 e. The molecule has 126 valence electrons. The van der Waals surface area contributed by atoms with Gasteiger partial charge in [-0.15, -0.1) is 0 Å². The largest absolute Gasteiger partial charge is 0.468 e. The molecule has 0 radical (unpaired) electrons. The zero-order valence-corrected chi connectivity index (χ0v) is 13.7. The summed E-state index contributed by atoms with van der Waals surface area (Å²) in [7, 11) is 0. The van der Waals surface area contributed by atoms with Gasteiger partial charge < -0.3 is 15.1 Å². The lowest BCUT2D eigenvalue weighted by Crippen LogP contribution is -2.50. The zero-order valence-electron chi connectivity index (χ0n) is 13.7. The van der Waals surface area contributed by atoms with Crippen LogP contribution < -0.4 is 10.6 Å². The number of carbonyl (C=O) groups is 1. The second-order valence-corrected chi connectivity index (χ2v) is 6.77. The summed E-state index contributed by atoms with van der Waals surface area (Å²) >= 11 is 0. The molecule has 2 N–H and O–H groups in total. The second-order valence-electron chi connectivity index (χ2n) is 6.77. The molecule has 0 aliphatic carbocycles. The van der Waals surface area contributed by atoms with Crippen LogP contribution in [0.3, 0.4) is 0 Å². The highest BCUT2D eigenvalue weighted by atomic mass is 16.3. The van der Waals surface area contributed by atoms with Crippen molar-refractivity contribution in [2.24, 2.45) is 0 Å². The van der Waals surface area contributed by atoms with Gasteiger partial charge in [0.25, 0.3) is 0 Å². The second kappa shape index (κ2) is 6.69. The van der Waals surface area contributed by atoms with E-state index < -0.39 is 0 Å². The molecule has 24 heavy (non-hydrogen) atoms. The monoisotopic (exact) mass is 325 g/mol. The molecule has 2 aromatic rings. The molecule has 5 nitrogen and oxygen atoms in total. The highest BCUT2D eigenvalue weighted by Gasteiger charge is 2.41. The number of para-hydroxylation sites is 1. The molecule has 2 bridgehead atoms. The molecule has 0 saturated carbocycles. The Balaban J connectivity index is 1.32. The maximum Gasteiger partial charge on any atom is 0.319 e. The number of rotatable bonds is 4. The Morgan fingerprint density at radius 1 is 1.08 bits per heavy atom. The number of fused-ring (bicyclic) bond motifs is 2. The number of benzene rings is 1. The van der Waals surface area contributed by atoms with Crippen LogP contribution in [0.2, 0.25) is 0 Å². The van der Waals surface area contributed by atoms with Crippen molar-refractivity contribution in [3.8, 4) is 0 Å². The fourth-order valence-electron chi connectivity index (χ4n) is 4.11. The van der Waals surface area contributed by atoms with Gasteiger partial charge in [0.2, 0.25) is 0 Å². The summed E-state index contributed by atoms with van der Waals surface area (Å²) in [5.74, 6) is 1.03. The van der Waals surface area contributed by atoms with E-state index >= 15 is 0 Å². The Kier molecular flexibility index (Phi) is 4.26. The Morgan fingerprint density at radius 3 is 2.50 bits per heavy atom. The van der Waals surface area contributed by atoms with Crippen LogP contribution in [0.5, 0.6) is 0 Å².